The summed E-state index contributed by atoms with van der Waals surface area (Å²) in [7, 11) is 1.38. The topological polar surface area (TPSA) is 258 Å². The number of methoxy groups -OCH3 is 1. The van der Waals surface area contributed by atoms with Gasteiger partial charge in [0.15, 0.2) is 23.2 Å². The van der Waals surface area contributed by atoms with Crippen molar-refractivity contribution in [1.29, 1.82) is 0 Å². The summed E-state index contributed by atoms with van der Waals surface area (Å²) in [5.41, 5.74) is -0.278. The van der Waals surface area contributed by atoms with Crippen LogP contribution >= 0.6 is 0 Å². The Kier molecular flexibility index (Phi) is 9.28. The Morgan fingerprint density at radius 1 is 0.773 bits per heavy atom. The number of rotatable bonds is 8. The summed E-state index contributed by atoms with van der Waals surface area (Å²) in [6.45, 7) is -1.26. The van der Waals surface area contributed by atoms with Gasteiger partial charge in [-0.2, -0.15) is 0 Å². The molecule has 2 saturated heterocycles. The van der Waals surface area contributed by atoms with E-state index in [2.05, 4.69) is 0 Å². The monoisotopic (exact) mass is 624 g/mol. The number of aliphatic hydroxyl groups excluding tert-OH is 7. The Morgan fingerprint density at radius 3 is 2.09 bits per heavy atom. The van der Waals surface area contributed by atoms with E-state index in [0.717, 1.165) is 6.07 Å². The van der Waals surface area contributed by atoms with Gasteiger partial charge in [0.05, 0.1) is 20.3 Å². The van der Waals surface area contributed by atoms with Gasteiger partial charge in [0.25, 0.3) is 0 Å². The number of phenols is 2. The number of aromatic hydroxyl groups is 2. The first-order valence-electron chi connectivity index (χ1n) is 13.4. The second kappa shape index (κ2) is 12.8. The molecule has 10 atom stereocenters. The van der Waals surface area contributed by atoms with Crippen molar-refractivity contribution in [3.8, 4) is 34.3 Å². The van der Waals surface area contributed by atoms with Crippen molar-refractivity contribution >= 4 is 11.0 Å². The van der Waals surface area contributed by atoms with E-state index >= 15 is 0 Å². The van der Waals surface area contributed by atoms with E-state index in [1.54, 1.807) is 0 Å². The molecule has 0 bridgehead atoms. The summed E-state index contributed by atoms with van der Waals surface area (Å²) in [4.78, 5) is 12.7. The Labute approximate surface area is 248 Å². The maximum Gasteiger partial charge on any atom is 0.229 e. The molecule has 0 radical (unpaired) electrons. The van der Waals surface area contributed by atoms with Crippen LogP contribution in [0.2, 0.25) is 0 Å². The molecule has 2 aliphatic heterocycles. The molecule has 16 heteroatoms. The van der Waals surface area contributed by atoms with Crippen LogP contribution in [0.15, 0.2) is 45.6 Å². The lowest BCUT2D eigenvalue weighted by Gasteiger charge is -2.42. The highest BCUT2D eigenvalue weighted by molar-refractivity contribution is 5.86. The SMILES string of the molecule is COc1cc(O)c2c(=O)cc(-c3ccc(O[C@@H]4O[C@H](CO[C@@H]5O[C@H](CO)[C@@H](O)[C@H](O)[C@H]5O)[C@@H](O)[C@H](O)[C@H]4O)c(O)c3)oc2c1. The van der Waals surface area contributed by atoms with Crippen LogP contribution in [0.1, 0.15) is 0 Å². The molecule has 16 nitrogen and oxygen atoms in total. The van der Waals surface area contributed by atoms with Gasteiger partial charge in [-0.25, -0.2) is 0 Å². The average molecular weight is 625 g/mol. The Bertz CT molecular complexity index is 1520. The number of hydrogen-bond donors (Lipinski definition) is 9. The molecule has 3 aromatic rings. The molecule has 2 aliphatic rings. The molecule has 2 aromatic carbocycles. The first kappa shape index (κ1) is 31.9. The molecular formula is C28H32O16. The van der Waals surface area contributed by atoms with Crippen molar-refractivity contribution in [1.82, 2.24) is 0 Å². The smallest absolute Gasteiger partial charge is 0.229 e. The second-order valence-electron chi connectivity index (χ2n) is 10.3. The van der Waals surface area contributed by atoms with E-state index in [-0.39, 0.29) is 39.5 Å². The Balaban J connectivity index is 1.31. The molecule has 240 valence electrons. The molecule has 0 spiro atoms. The molecule has 0 aliphatic carbocycles. The van der Waals surface area contributed by atoms with Crippen LogP contribution < -0.4 is 14.9 Å². The lowest BCUT2D eigenvalue weighted by atomic mass is 9.98. The number of aliphatic hydroxyl groups is 7. The summed E-state index contributed by atoms with van der Waals surface area (Å²) < 4.78 is 32.6. The van der Waals surface area contributed by atoms with Gasteiger partial charge in [-0.15, -0.1) is 0 Å². The molecule has 5 rings (SSSR count). The zero-order valence-electron chi connectivity index (χ0n) is 23.0. The van der Waals surface area contributed by atoms with Gasteiger partial charge in [-0.1, -0.05) is 0 Å². The summed E-state index contributed by atoms with van der Waals surface area (Å²) in [6, 6.07) is 7.68. The van der Waals surface area contributed by atoms with Crippen molar-refractivity contribution in [2.45, 2.75) is 61.4 Å². The van der Waals surface area contributed by atoms with E-state index < -0.39 is 85.8 Å². The van der Waals surface area contributed by atoms with Crippen molar-refractivity contribution in [2.75, 3.05) is 20.3 Å². The van der Waals surface area contributed by atoms with Gasteiger partial charge in [-0.3, -0.25) is 4.79 Å². The van der Waals surface area contributed by atoms with Gasteiger partial charge in [0.1, 0.15) is 77.1 Å². The summed E-state index contributed by atoms with van der Waals surface area (Å²) >= 11 is 0. The molecular weight excluding hydrogens is 592 g/mol. The average Bonchev–Trinajstić information content (AvgIpc) is 3.00. The van der Waals surface area contributed by atoms with Gasteiger partial charge in [0.2, 0.25) is 6.29 Å². The van der Waals surface area contributed by atoms with Gasteiger partial charge < -0.3 is 74.1 Å². The predicted octanol–water partition coefficient (Wildman–Crippen LogP) is -2.12. The fourth-order valence-corrected chi connectivity index (χ4v) is 4.95. The molecule has 3 heterocycles. The van der Waals surface area contributed by atoms with E-state index in [0.29, 0.717) is 0 Å². The molecule has 9 N–H and O–H groups in total. The third-order valence-corrected chi connectivity index (χ3v) is 7.45. The number of phenolic OH excluding ortho intramolecular Hbond substituents is 2. The first-order valence-corrected chi connectivity index (χ1v) is 13.4. The van der Waals surface area contributed by atoms with E-state index in [1.807, 2.05) is 0 Å². The molecule has 0 unspecified atom stereocenters. The highest BCUT2D eigenvalue weighted by Crippen LogP contribution is 2.36. The fraction of sp³-hybridized carbons (Fsp3) is 0.464. The maximum atomic E-state index is 12.7. The molecule has 0 saturated carbocycles. The first-order chi connectivity index (χ1) is 20.9. The third-order valence-electron chi connectivity index (χ3n) is 7.45. The lowest BCUT2D eigenvalue weighted by molar-refractivity contribution is -0.323. The van der Waals surface area contributed by atoms with Crippen LogP contribution in [-0.4, -0.2) is 128 Å². The second-order valence-corrected chi connectivity index (χ2v) is 10.3. The molecule has 1 aromatic heterocycles. The molecule has 44 heavy (non-hydrogen) atoms. The van der Waals surface area contributed by atoms with Crippen molar-refractivity contribution in [3.63, 3.8) is 0 Å². The van der Waals surface area contributed by atoms with Crippen LogP contribution in [0.5, 0.6) is 23.0 Å². The lowest BCUT2D eigenvalue weighted by Crippen LogP contribution is -2.62. The Hall–Kier alpha value is -3.55. The minimum absolute atomic E-state index is 0.0346. The maximum absolute atomic E-state index is 12.7. The fourth-order valence-electron chi connectivity index (χ4n) is 4.95. The van der Waals surface area contributed by atoms with Crippen LogP contribution in [0, 0.1) is 0 Å². The number of ether oxygens (including phenoxy) is 5. The number of hydrogen-bond acceptors (Lipinski definition) is 16. The van der Waals surface area contributed by atoms with Crippen LogP contribution in [0.4, 0.5) is 0 Å². The largest absolute Gasteiger partial charge is 0.507 e. The molecule has 0 amide bonds. The Morgan fingerprint density at radius 2 is 1.43 bits per heavy atom. The number of fused-ring (bicyclic) bond motifs is 1. The van der Waals surface area contributed by atoms with E-state index in [1.165, 1.54) is 37.4 Å². The van der Waals surface area contributed by atoms with Gasteiger partial charge in [-0.05, 0) is 18.2 Å². The van der Waals surface area contributed by atoms with Gasteiger partial charge >= 0.3 is 0 Å². The normalized spacial score (nSPS) is 32.5. The third kappa shape index (κ3) is 6.04. The van der Waals surface area contributed by atoms with Crippen LogP contribution in [0.25, 0.3) is 22.3 Å². The summed E-state index contributed by atoms with van der Waals surface area (Å²) in [6.07, 6.45) is -16.2. The highest BCUT2D eigenvalue weighted by Gasteiger charge is 2.48. The quantitative estimate of drug-likeness (QED) is 0.130. The van der Waals surface area contributed by atoms with Crippen molar-refractivity contribution < 1.29 is 74.1 Å². The zero-order valence-corrected chi connectivity index (χ0v) is 23.0. The van der Waals surface area contributed by atoms with Crippen LogP contribution in [-0.2, 0) is 14.2 Å². The van der Waals surface area contributed by atoms with E-state index in [4.69, 9.17) is 28.1 Å². The highest BCUT2D eigenvalue weighted by atomic mass is 16.7. The predicted molar refractivity (Wildman–Crippen MR) is 145 cm³/mol. The van der Waals surface area contributed by atoms with Crippen LogP contribution in [0.3, 0.4) is 0 Å². The summed E-state index contributed by atoms with van der Waals surface area (Å²) in [5.74, 6) is -0.754. The standard InChI is InChI=1S/C28H32O16/c1-39-11-5-13(31)20-14(32)7-16(41-17(20)6-11)10-2-3-15(12(30)4-10)42-28-26(38)24(36)22(34)19(44-28)9-40-27-25(37)23(35)21(33)18(8-29)43-27/h2-7,18-19,21-31,33-38H,8-9H2,1H3/t18-,19-,21-,22-,23+,24+,25-,26-,27-,28-/m1/s1. The zero-order chi connectivity index (χ0) is 31.9. The minimum atomic E-state index is -1.81. The van der Waals surface area contributed by atoms with Crippen molar-refractivity contribution in [3.05, 3.63) is 46.6 Å². The molecule has 2 fully saturated rings. The van der Waals surface area contributed by atoms with Gasteiger partial charge in [0, 0.05) is 23.8 Å². The van der Waals surface area contributed by atoms with E-state index in [9.17, 15) is 50.8 Å². The minimum Gasteiger partial charge on any atom is -0.507 e. The summed E-state index contributed by atoms with van der Waals surface area (Å²) in [5, 5.41) is 91.5. The number of benzene rings is 2. The van der Waals surface area contributed by atoms with Crippen molar-refractivity contribution in [2.24, 2.45) is 0 Å².